The van der Waals surface area contributed by atoms with Crippen LogP contribution in [-0.4, -0.2) is 43.1 Å². The summed E-state index contributed by atoms with van der Waals surface area (Å²) in [4.78, 5) is 40.0. The van der Waals surface area contributed by atoms with Gasteiger partial charge in [0.15, 0.2) is 6.61 Å². The maximum atomic E-state index is 12.1. The Labute approximate surface area is 170 Å². The average molecular weight is 414 g/mol. The number of fused-ring (bicyclic) bond motifs is 1. The average Bonchev–Trinajstić information content (AvgIpc) is 3.15. The molecule has 9 heteroatoms. The molecule has 1 heterocycles. The van der Waals surface area contributed by atoms with E-state index in [0.29, 0.717) is 5.75 Å². The zero-order chi connectivity index (χ0) is 20.6. The molecular weight excluding hydrogens is 396 g/mol. The third kappa shape index (κ3) is 5.59. The van der Waals surface area contributed by atoms with E-state index in [9.17, 15) is 14.4 Å². The maximum absolute atomic E-state index is 12.1. The van der Waals surface area contributed by atoms with Gasteiger partial charge in [-0.15, -0.1) is 11.3 Å². The zero-order valence-corrected chi connectivity index (χ0v) is 16.4. The van der Waals surface area contributed by atoms with Gasteiger partial charge in [0.2, 0.25) is 0 Å². The predicted molar refractivity (Wildman–Crippen MR) is 106 cm³/mol. The molecule has 1 aromatic heterocycles. The van der Waals surface area contributed by atoms with Crippen LogP contribution in [0.15, 0.2) is 48.5 Å². The van der Waals surface area contributed by atoms with Crippen molar-refractivity contribution in [1.29, 1.82) is 0 Å². The van der Waals surface area contributed by atoms with Gasteiger partial charge in [-0.25, -0.2) is 9.78 Å². The molecule has 3 rings (SSSR count). The Morgan fingerprint density at radius 2 is 1.79 bits per heavy atom. The highest BCUT2D eigenvalue weighted by Gasteiger charge is 2.16. The first-order valence-electron chi connectivity index (χ1n) is 8.62. The summed E-state index contributed by atoms with van der Waals surface area (Å²) in [5.74, 6) is -1.78. The van der Waals surface area contributed by atoms with Crippen molar-refractivity contribution >= 4 is 39.3 Å². The van der Waals surface area contributed by atoms with Crippen molar-refractivity contribution in [3.05, 3.63) is 59.1 Å². The lowest BCUT2D eigenvalue weighted by Crippen LogP contribution is -2.34. The van der Waals surface area contributed by atoms with Crippen LogP contribution in [0.4, 0.5) is 0 Å². The Bertz CT molecular complexity index is 999. The molecule has 0 spiro atoms. The molecule has 0 saturated carbocycles. The first-order valence-corrected chi connectivity index (χ1v) is 9.43. The van der Waals surface area contributed by atoms with Crippen LogP contribution < -0.4 is 10.1 Å². The molecule has 0 bridgehead atoms. The first kappa shape index (κ1) is 20.4. The monoisotopic (exact) mass is 414 g/mol. The van der Waals surface area contributed by atoms with Gasteiger partial charge in [-0.1, -0.05) is 24.3 Å². The number of thiazole rings is 1. The minimum absolute atomic E-state index is 0.160. The first-order chi connectivity index (χ1) is 14.1. The zero-order valence-electron chi connectivity index (χ0n) is 15.5. The summed E-state index contributed by atoms with van der Waals surface area (Å²) >= 11 is 1.47. The molecule has 0 aliphatic heterocycles. The number of methoxy groups -OCH3 is 1. The van der Waals surface area contributed by atoms with Gasteiger partial charge in [-0.3, -0.25) is 14.9 Å². The number of aromatic nitrogens is 1. The van der Waals surface area contributed by atoms with E-state index in [1.165, 1.54) is 24.5 Å². The van der Waals surface area contributed by atoms with Gasteiger partial charge < -0.3 is 14.2 Å². The number of nitrogens with one attached hydrogen (secondary N) is 1. The predicted octanol–water partition coefficient (Wildman–Crippen LogP) is 2.32. The number of carbonyl (C=O) groups excluding carboxylic acids is 3. The van der Waals surface area contributed by atoms with Gasteiger partial charge in [-0.2, -0.15) is 0 Å². The molecule has 0 fully saturated rings. The molecule has 0 aliphatic carbocycles. The second-order valence-electron chi connectivity index (χ2n) is 5.81. The van der Waals surface area contributed by atoms with Crippen molar-refractivity contribution < 1.29 is 28.6 Å². The lowest BCUT2D eigenvalue weighted by atomic mass is 10.2. The number of carbonyl (C=O) groups is 3. The molecule has 0 atom stereocenters. The Morgan fingerprint density at radius 3 is 2.59 bits per heavy atom. The summed E-state index contributed by atoms with van der Waals surface area (Å²) in [6.45, 7) is -0.763. The number of nitrogens with zero attached hydrogens (tertiary/aromatic N) is 1. The van der Waals surface area contributed by atoms with Gasteiger partial charge in [0, 0.05) is 0 Å². The molecule has 29 heavy (non-hydrogen) atoms. The van der Waals surface area contributed by atoms with E-state index >= 15 is 0 Å². The van der Waals surface area contributed by atoms with Gasteiger partial charge >= 0.3 is 5.97 Å². The summed E-state index contributed by atoms with van der Waals surface area (Å²) in [5, 5.41) is 2.87. The van der Waals surface area contributed by atoms with Crippen LogP contribution in [0.1, 0.15) is 15.4 Å². The minimum Gasteiger partial charge on any atom is -0.496 e. The number of esters is 1. The molecule has 0 unspecified atom stereocenters. The molecule has 150 valence electrons. The van der Waals surface area contributed by atoms with Crippen molar-refractivity contribution in [3.8, 4) is 5.75 Å². The van der Waals surface area contributed by atoms with Crippen molar-refractivity contribution in [2.24, 2.45) is 0 Å². The molecule has 8 nitrogen and oxygen atoms in total. The highest BCUT2D eigenvalue weighted by atomic mass is 32.1. The molecule has 2 aromatic carbocycles. The summed E-state index contributed by atoms with van der Waals surface area (Å²) < 4.78 is 16.2. The van der Waals surface area contributed by atoms with Gasteiger partial charge in [0.25, 0.3) is 11.8 Å². The lowest BCUT2D eigenvalue weighted by Gasteiger charge is -2.08. The quantitative estimate of drug-likeness (QED) is 0.564. The molecule has 3 aromatic rings. The van der Waals surface area contributed by atoms with E-state index in [1.807, 2.05) is 24.3 Å². The SMILES string of the molecule is COc1ccccc1C(=O)NC(=O)COC(=O)COCc1nc2ccccc2s1. The van der Waals surface area contributed by atoms with Crippen LogP contribution in [-0.2, 0) is 25.7 Å². The maximum Gasteiger partial charge on any atom is 0.332 e. The number of benzene rings is 2. The van der Waals surface area contributed by atoms with Gasteiger partial charge in [0.05, 0.1) is 29.5 Å². The van der Waals surface area contributed by atoms with E-state index in [2.05, 4.69) is 10.3 Å². The van der Waals surface area contributed by atoms with Crippen LogP contribution in [0.3, 0.4) is 0 Å². The summed E-state index contributed by atoms with van der Waals surface area (Å²) in [6, 6.07) is 14.1. The van der Waals surface area contributed by atoms with E-state index in [1.54, 1.807) is 18.2 Å². The molecule has 0 aliphatic rings. The largest absolute Gasteiger partial charge is 0.496 e. The Hall–Kier alpha value is -3.30. The standard InChI is InChI=1S/C20H18N2O6S/c1-26-15-8-4-2-6-13(15)20(25)22-17(23)10-28-19(24)12-27-11-18-21-14-7-3-5-9-16(14)29-18/h2-9H,10-12H2,1H3,(H,22,23,25). The Morgan fingerprint density at radius 1 is 1.03 bits per heavy atom. The lowest BCUT2D eigenvalue weighted by molar-refractivity contribution is -0.153. The van der Waals surface area contributed by atoms with Gasteiger partial charge in [-0.05, 0) is 24.3 Å². The second-order valence-corrected chi connectivity index (χ2v) is 6.92. The summed E-state index contributed by atoms with van der Waals surface area (Å²) in [5.41, 5.74) is 1.07. The van der Waals surface area contributed by atoms with Crippen LogP contribution >= 0.6 is 11.3 Å². The molecule has 0 saturated heterocycles. The number of hydrogen-bond donors (Lipinski definition) is 1. The van der Waals surface area contributed by atoms with Gasteiger partial charge in [0.1, 0.15) is 17.4 Å². The molecule has 2 amide bonds. The van der Waals surface area contributed by atoms with Crippen LogP contribution in [0.2, 0.25) is 0 Å². The number of ether oxygens (including phenoxy) is 3. The van der Waals surface area contributed by atoms with Crippen molar-refractivity contribution in [2.75, 3.05) is 20.3 Å². The summed E-state index contributed by atoms with van der Waals surface area (Å²) in [6.07, 6.45) is 0. The van der Waals surface area contributed by atoms with Crippen LogP contribution in [0, 0.1) is 0 Å². The second kappa shape index (κ2) is 9.76. The fraction of sp³-hybridized carbons (Fsp3) is 0.200. The van der Waals surface area contributed by atoms with Crippen LogP contribution in [0.5, 0.6) is 5.75 Å². The highest BCUT2D eigenvalue weighted by molar-refractivity contribution is 7.18. The van der Waals surface area contributed by atoms with Crippen molar-refractivity contribution in [1.82, 2.24) is 10.3 Å². The number of para-hydroxylation sites is 2. The highest BCUT2D eigenvalue weighted by Crippen LogP contribution is 2.22. The third-order valence-corrected chi connectivity index (χ3v) is 4.76. The molecule has 1 N–H and O–H groups in total. The van der Waals surface area contributed by atoms with Crippen LogP contribution in [0.25, 0.3) is 10.2 Å². The van der Waals surface area contributed by atoms with E-state index in [-0.39, 0.29) is 18.8 Å². The Kier molecular flexibility index (Phi) is 6.88. The fourth-order valence-corrected chi connectivity index (χ4v) is 3.36. The van der Waals surface area contributed by atoms with E-state index in [0.717, 1.165) is 15.2 Å². The number of imide groups is 1. The third-order valence-electron chi connectivity index (χ3n) is 3.75. The number of hydrogen-bond acceptors (Lipinski definition) is 8. The molecular formula is C20H18N2O6S. The minimum atomic E-state index is -0.750. The Balaban J connectivity index is 1.39. The van der Waals surface area contributed by atoms with E-state index in [4.69, 9.17) is 14.2 Å². The normalized spacial score (nSPS) is 10.5. The van der Waals surface area contributed by atoms with Crippen molar-refractivity contribution in [2.45, 2.75) is 6.61 Å². The van der Waals surface area contributed by atoms with Crippen molar-refractivity contribution in [3.63, 3.8) is 0 Å². The smallest absolute Gasteiger partial charge is 0.332 e. The summed E-state index contributed by atoms with van der Waals surface area (Å²) in [7, 11) is 1.42. The topological polar surface area (TPSA) is 104 Å². The number of amides is 2. The number of rotatable bonds is 8. The fourth-order valence-electron chi connectivity index (χ4n) is 2.45. The molecule has 0 radical (unpaired) electrons. The van der Waals surface area contributed by atoms with E-state index < -0.39 is 24.4 Å².